The van der Waals surface area contributed by atoms with Crippen molar-refractivity contribution in [1.82, 2.24) is 4.90 Å². The minimum Gasteiger partial charge on any atom is -0.492 e. The minimum absolute atomic E-state index is 0.333. The van der Waals surface area contributed by atoms with Gasteiger partial charge in [-0.15, -0.1) is 0 Å². The van der Waals surface area contributed by atoms with Crippen molar-refractivity contribution in [3.63, 3.8) is 0 Å². The first kappa shape index (κ1) is 17.3. The van der Waals surface area contributed by atoms with Crippen molar-refractivity contribution < 1.29 is 27.4 Å². The molecule has 0 aromatic heterocycles. The average molecular weight is 329 g/mol. The number of nitrogens with zero attached hydrogens (tertiary/aromatic N) is 1. The van der Waals surface area contributed by atoms with Crippen LogP contribution in [0, 0.1) is 0 Å². The van der Waals surface area contributed by atoms with Gasteiger partial charge < -0.3 is 9.47 Å². The highest BCUT2D eigenvalue weighted by atomic mass is 19.4. The molecule has 126 valence electrons. The Labute approximate surface area is 132 Å². The first-order valence-corrected chi connectivity index (χ1v) is 7.20. The molecule has 0 radical (unpaired) electrons. The zero-order valence-corrected chi connectivity index (χ0v) is 12.7. The molecule has 1 aliphatic rings. The highest BCUT2D eigenvalue weighted by Crippen LogP contribution is 2.30. The number of ether oxygens (including phenoxy) is 2. The maximum Gasteiger partial charge on any atom is 0.416 e. The average Bonchev–Trinajstić information content (AvgIpc) is 2.54. The molecule has 1 aliphatic heterocycles. The van der Waals surface area contributed by atoms with E-state index in [1.54, 1.807) is 0 Å². The van der Waals surface area contributed by atoms with E-state index in [-0.39, 0.29) is 5.97 Å². The Morgan fingerprint density at radius 3 is 2.57 bits per heavy atom. The SMILES string of the molecule is COC(=O)C1=CCCN(CCOc2ccc(C(F)(F)F)cc2)C1. The molecular formula is C16H18F3NO3. The van der Waals surface area contributed by atoms with Crippen LogP contribution < -0.4 is 4.74 Å². The van der Waals surface area contributed by atoms with Crippen molar-refractivity contribution in [2.24, 2.45) is 0 Å². The number of halogens is 3. The minimum atomic E-state index is -4.34. The summed E-state index contributed by atoms with van der Waals surface area (Å²) in [6, 6.07) is 4.60. The number of benzene rings is 1. The maximum atomic E-state index is 12.5. The monoisotopic (exact) mass is 329 g/mol. The molecule has 23 heavy (non-hydrogen) atoms. The number of carbonyl (C=O) groups excluding carboxylic acids is 1. The number of esters is 1. The molecule has 1 aromatic rings. The van der Waals surface area contributed by atoms with Crippen LogP contribution >= 0.6 is 0 Å². The van der Waals surface area contributed by atoms with E-state index in [0.717, 1.165) is 25.1 Å². The molecule has 1 aromatic carbocycles. The fourth-order valence-electron chi connectivity index (χ4n) is 2.31. The topological polar surface area (TPSA) is 38.8 Å². The summed E-state index contributed by atoms with van der Waals surface area (Å²) in [5.41, 5.74) is -0.0815. The number of alkyl halides is 3. The quantitative estimate of drug-likeness (QED) is 0.779. The molecule has 0 amide bonds. The Balaban J connectivity index is 1.79. The van der Waals surface area contributed by atoms with E-state index in [2.05, 4.69) is 0 Å². The maximum absolute atomic E-state index is 12.5. The van der Waals surface area contributed by atoms with Crippen LogP contribution in [-0.2, 0) is 15.7 Å². The summed E-state index contributed by atoms with van der Waals surface area (Å²) >= 11 is 0. The van der Waals surface area contributed by atoms with Crippen LogP contribution in [0.25, 0.3) is 0 Å². The summed E-state index contributed by atoms with van der Waals surface area (Å²) in [5.74, 6) is 0.0529. The molecule has 7 heteroatoms. The van der Waals surface area contributed by atoms with Gasteiger partial charge in [-0.2, -0.15) is 13.2 Å². The Kier molecular flexibility index (Phi) is 5.65. The standard InChI is InChI=1S/C16H18F3NO3/c1-22-15(21)12-3-2-8-20(11-12)9-10-23-14-6-4-13(5-7-14)16(17,18)19/h3-7H,2,8-11H2,1H3. The Morgan fingerprint density at radius 2 is 1.96 bits per heavy atom. The molecule has 0 saturated heterocycles. The molecule has 0 bridgehead atoms. The zero-order valence-electron chi connectivity index (χ0n) is 12.7. The smallest absolute Gasteiger partial charge is 0.416 e. The largest absolute Gasteiger partial charge is 0.492 e. The van der Waals surface area contributed by atoms with Gasteiger partial charge in [0.1, 0.15) is 12.4 Å². The lowest BCUT2D eigenvalue weighted by atomic mass is 10.1. The lowest BCUT2D eigenvalue weighted by molar-refractivity contribution is -0.138. The van der Waals surface area contributed by atoms with E-state index >= 15 is 0 Å². The van der Waals surface area contributed by atoms with Crippen LogP contribution in [-0.4, -0.2) is 44.2 Å². The zero-order chi connectivity index (χ0) is 16.9. The number of carbonyl (C=O) groups is 1. The summed E-state index contributed by atoms with van der Waals surface area (Å²) in [4.78, 5) is 13.5. The number of hydrogen-bond acceptors (Lipinski definition) is 4. The molecule has 1 heterocycles. The molecule has 0 atom stereocenters. The van der Waals surface area contributed by atoms with Gasteiger partial charge in [-0.3, -0.25) is 4.90 Å². The van der Waals surface area contributed by atoms with Gasteiger partial charge in [0.05, 0.1) is 12.7 Å². The first-order chi connectivity index (χ1) is 10.9. The van der Waals surface area contributed by atoms with Gasteiger partial charge in [-0.05, 0) is 30.7 Å². The van der Waals surface area contributed by atoms with Gasteiger partial charge in [0.15, 0.2) is 0 Å². The van der Waals surface area contributed by atoms with Crippen molar-refractivity contribution in [1.29, 1.82) is 0 Å². The molecule has 4 nitrogen and oxygen atoms in total. The molecule has 2 rings (SSSR count). The normalized spacial score (nSPS) is 15.9. The van der Waals surface area contributed by atoms with Gasteiger partial charge in [0.25, 0.3) is 0 Å². The van der Waals surface area contributed by atoms with Crippen molar-refractivity contribution in [3.8, 4) is 5.75 Å². The Hall–Kier alpha value is -2.02. The number of hydrogen-bond donors (Lipinski definition) is 0. The summed E-state index contributed by atoms with van der Waals surface area (Å²) in [6.07, 6.45) is -1.73. The van der Waals surface area contributed by atoms with Crippen LogP contribution in [0.3, 0.4) is 0 Å². The highest BCUT2D eigenvalue weighted by molar-refractivity contribution is 5.88. The van der Waals surface area contributed by atoms with Crippen LogP contribution in [0.4, 0.5) is 13.2 Å². The second kappa shape index (κ2) is 7.50. The van der Waals surface area contributed by atoms with Gasteiger partial charge in [-0.25, -0.2) is 4.79 Å². The molecule has 0 aliphatic carbocycles. The van der Waals surface area contributed by atoms with Crippen LogP contribution in [0.2, 0.25) is 0 Å². The van der Waals surface area contributed by atoms with Gasteiger partial charge >= 0.3 is 12.1 Å². The fourth-order valence-corrected chi connectivity index (χ4v) is 2.31. The fraction of sp³-hybridized carbons (Fsp3) is 0.438. The van der Waals surface area contributed by atoms with Gasteiger partial charge in [-0.1, -0.05) is 6.08 Å². The van der Waals surface area contributed by atoms with E-state index < -0.39 is 11.7 Å². The van der Waals surface area contributed by atoms with Gasteiger partial charge in [0.2, 0.25) is 0 Å². The third kappa shape index (κ3) is 4.99. The van der Waals surface area contributed by atoms with Crippen LogP contribution in [0.1, 0.15) is 12.0 Å². The van der Waals surface area contributed by atoms with E-state index in [0.29, 0.717) is 31.0 Å². The lowest BCUT2D eigenvalue weighted by Gasteiger charge is -2.26. The molecule has 0 fully saturated rings. The van der Waals surface area contributed by atoms with Crippen LogP contribution in [0.15, 0.2) is 35.9 Å². The van der Waals surface area contributed by atoms with Gasteiger partial charge in [0, 0.05) is 25.2 Å². The predicted molar refractivity (Wildman–Crippen MR) is 78.1 cm³/mol. The number of rotatable bonds is 5. The molecule has 0 saturated carbocycles. The second-order valence-corrected chi connectivity index (χ2v) is 5.16. The van der Waals surface area contributed by atoms with Crippen molar-refractivity contribution in [2.45, 2.75) is 12.6 Å². The lowest BCUT2D eigenvalue weighted by Crippen LogP contribution is -2.35. The molecular weight excluding hydrogens is 311 g/mol. The third-order valence-electron chi connectivity index (χ3n) is 3.54. The van der Waals surface area contributed by atoms with E-state index in [4.69, 9.17) is 9.47 Å². The van der Waals surface area contributed by atoms with E-state index in [1.165, 1.54) is 19.2 Å². The summed E-state index contributed by atoms with van der Waals surface area (Å²) in [6.45, 7) is 2.20. The molecule has 0 unspecified atom stereocenters. The molecule has 0 N–H and O–H groups in total. The van der Waals surface area contributed by atoms with E-state index in [9.17, 15) is 18.0 Å². The Bertz CT molecular complexity index is 567. The summed E-state index contributed by atoms with van der Waals surface area (Å²) < 4.78 is 47.5. The third-order valence-corrected chi connectivity index (χ3v) is 3.54. The van der Waals surface area contributed by atoms with Crippen molar-refractivity contribution >= 4 is 5.97 Å². The Morgan fingerprint density at radius 1 is 1.26 bits per heavy atom. The summed E-state index contributed by atoms with van der Waals surface area (Å²) in [7, 11) is 1.34. The van der Waals surface area contributed by atoms with Crippen LogP contribution in [0.5, 0.6) is 5.75 Å². The number of methoxy groups -OCH3 is 1. The van der Waals surface area contributed by atoms with E-state index in [1.807, 2.05) is 11.0 Å². The van der Waals surface area contributed by atoms with Crippen molar-refractivity contribution in [2.75, 3.05) is 33.4 Å². The predicted octanol–water partition coefficient (Wildman–Crippen LogP) is 2.89. The highest BCUT2D eigenvalue weighted by Gasteiger charge is 2.30. The molecule has 0 spiro atoms. The second-order valence-electron chi connectivity index (χ2n) is 5.16. The van der Waals surface area contributed by atoms with Crippen molar-refractivity contribution in [3.05, 3.63) is 41.5 Å². The summed E-state index contributed by atoms with van der Waals surface area (Å²) in [5, 5.41) is 0. The first-order valence-electron chi connectivity index (χ1n) is 7.20.